The Hall–Kier alpha value is -1.11. The maximum atomic E-state index is 11.6. The first kappa shape index (κ1) is 9.45. The van der Waals surface area contributed by atoms with Crippen molar-refractivity contribution in [1.82, 2.24) is 9.84 Å². The molecule has 1 heterocycles. The van der Waals surface area contributed by atoms with E-state index in [1.807, 2.05) is 0 Å². The molecule has 1 aromatic rings. The largest absolute Gasteiger partial charge is 0.399 e. The standard InChI is InChI=1S/C8H11N3O2S/c9-7-1-3-8(4-2-7)14(12,13)10-11-5-6-11/h1-4,10H,5-6,9H2. The summed E-state index contributed by atoms with van der Waals surface area (Å²) in [6, 6.07) is 6.11. The van der Waals surface area contributed by atoms with Crippen LogP contribution in [0.15, 0.2) is 29.2 Å². The van der Waals surface area contributed by atoms with Gasteiger partial charge in [-0.25, -0.2) is 13.4 Å². The minimum absolute atomic E-state index is 0.235. The second-order valence-electron chi connectivity index (χ2n) is 3.15. The Bertz CT molecular complexity index is 422. The molecular weight excluding hydrogens is 202 g/mol. The maximum absolute atomic E-state index is 11.6. The molecule has 5 nitrogen and oxygen atoms in total. The molecule has 0 bridgehead atoms. The average Bonchev–Trinajstić information content (AvgIpc) is 2.88. The van der Waals surface area contributed by atoms with E-state index in [1.54, 1.807) is 17.1 Å². The molecule has 1 aliphatic rings. The van der Waals surface area contributed by atoms with Crippen molar-refractivity contribution < 1.29 is 8.42 Å². The van der Waals surface area contributed by atoms with E-state index in [0.717, 1.165) is 13.1 Å². The van der Waals surface area contributed by atoms with Gasteiger partial charge in [0.05, 0.1) is 4.90 Å². The van der Waals surface area contributed by atoms with Crippen molar-refractivity contribution in [1.29, 1.82) is 0 Å². The zero-order chi connectivity index (χ0) is 10.2. The summed E-state index contributed by atoms with van der Waals surface area (Å²) in [5.74, 6) is 0. The fourth-order valence-corrected chi connectivity index (χ4v) is 2.13. The predicted molar refractivity (Wildman–Crippen MR) is 52.7 cm³/mol. The number of anilines is 1. The van der Waals surface area contributed by atoms with E-state index in [1.165, 1.54) is 12.1 Å². The van der Waals surface area contributed by atoms with Crippen LogP contribution < -0.4 is 10.6 Å². The maximum Gasteiger partial charge on any atom is 0.253 e. The van der Waals surface area contributed by atoms with E-state index in [-0.39, 0.29) is 4.90 Å². The number of hydrogen-bond acceptors (Lipinski definition) is 4. The van der Waals surface area contributed by atoms with Crippen molar-refractivity contribution in [3.8, 4) is 0 Å². The monoisotopic (exact) mass is 213 g/mol. The van der Waals surface area contributed by atoms with Crippen LogP contribution in [0.4, 0.5) is 5.69 Å². The van der Waals surface area contributed by atoms with Crippen LogP contribution in [0.1, 0.15) is 0 Å². The van der Waals surface area contributed by atoms with Crippen molar-refractivity contribution in [3.05, 3.63) is 24.3 Å². The Morgan fingerprint density at radius 2 is 1.79 bits per heavy atom. The van der Waals surface area contributed by atoms with Crippen LogP contribution in [0.25, 0.3) is 0 Å². The van der Waals surface area contributed by atoms with Crippen molar-refractivity contribution in [2.24, 2.45) is 0 Å². The minimum Gasteiger partial charge on any atom is -0.399 e. The van der Waals surface area contributed by atoms with Gasteiger partial charge in [0.15, 0.2) is 0 Å². The van der Waals surface area contributed by atoms with Gasteiger partial charge in [-0.3, -0.25) is 0 Å². The minimum atomic E-state index is -3.39. The van der Waals surface area contributed by atoms with E-state index >= 15 is 0 Å². The predicted octanol–water partition coefficient (Wildman–Crippen LogP) is -0.222. The molecule has 1 fully saturated rings. The van der Waals surface area contributed by atoms with E-state index < -0.39 is 10.0 Å². The summed E-state index contributed by atoms with van der Waals surface area (Å²) >= 11 is 0. The molecule has 0 amide bonds. The molecule has 14 heavy (non-hydrogen) atoms. The summed E-state index contributed by atoms with van der Waals surface area (Å²) in [5.41, 5.74) is 6.01. The Kier molecular flexibility index (Phi) is 2.18. The van der Waals surface area contributed by atoms with Gasteiger partial charge in [-0.15, -0.1) is 4.83 Å². The molecule has 1 aliphatic heterocycles. The first-order valence-corrected chi connectivity index (χ1v) is 5.69. The Balaban J connectivity index is 2.24. The number of hydrazine groups is 1. The molecule has 1 aromatic carbocycles. The summed E-state index contributed by atoms with van der Waals surface area (Å²) in [7, 11) is -3.39. The topological polar surface area (TPSA) is 75.2 Å². The van der Waals surface area contributed by atoms with Gasteiger partial charge in [0.1, 0.15) is 0 Å². The summed E-state index contributed by atoms with van der Waals surface area (Å²) in [6.07, 6.45) is 0. The smallest absolute Gasteiger partial charge is 0.253 e. The van der Waals surface area contributed by atoms with Crippen LogP contribution in [-0.4, -0.2) is 26.5 Å². The lowest BCUT2D eigenvalue weighted by atomic mass is 10.3. The van der Waals surface area contributed by atoms with Crippen LogP contribution >= 0.6 is 0 Å². The van der Waals surface area contributed by atoms with Gasteiger partial charge in [0.2, 0.25) is 0 Å². The molecule has 0 spiro atoms. The molecular formula is C8H11N3O2S. The zero-order valence-corrected chi connectivity index (χ0v) is 8.29. The molecule has 2 rings (SSSR count). The van der Waals surface area contributed by atoms with Gasteiger partial charge in [0, 0.05) is 18.8 Å². The van der Waals surface area contributed by atoms with Crippen molar-refractivity contribution >= 4 is 15.7 Å². The number of benzene rings is 1. The first-order chi connectivity index (χ1) is 6.58. The third kappa shape index (κ3) is 2.03. The molecule has 0 saturated carbocycles. The Labute approximate surface area is 82.5 Å². The number of sulfonamides is 1. The molecule has 0 aliphatic carbocycles. The van der Waals surface area contributed by atoms with Gasteiger partial charge in [-0.1, -0.05) is 0 Å². The molecule has 0 atom stereocenters. The lowest BCUT2D eigenvalue weighted by Crippen LogP contribution is -2.28. The zero-order valence-electron chi connectivity index (χ0n) is 7.47. The Morgan fingerprint density at radius 1 is 1.21 bits per heavy atom. The molecule has 0 aromatic heterocycles. The third-order valence-electron chi connectivity index (χ3n) is 1.89. The molecule has 0 unspecified atom stereocenters. The fourth-order valence-electron chi connectivity index (χ4n) is 1.01. The highest BCUT2D eigenvalue weighted by Gasteiger charge is 2.24. The number of nitrogen functional groups attached to an aromatic ring is 1. The van der Waals surface area contributed by atoms with Gasteiger partial charge < -0.3 is 5.73 Å². The lowest BCUT2D eigenvalue weighted by molar-refractivity contribution is 0.484. The SMILES string of the molecule is Nc1ccc(S(=O)(=O)NN2CC2)cc1. The van der Waals surface area contributed by atoms with Gasteiger partial charge >= 0.3 is 0 Å². The third-order valence-corrected chi connectivity index (χ3v) is 3.28. The molecule has 6 heteroatoms. The van der Waals surface area contributed by atoms with E-state index in [0.29, 0.717) is 5.69 Å². The number of nitrogens with two attached hydrogens (primary N) is 1. The van der Waals surface area contributed by atoms with Crippen LogP contribution in [0, 0.1) is 0 Å². The van der Waals surface area contributed by atoms with Crippen molar-refractivity contribution in [2.45, 2.75) is 4.90 Å². The van der Waals surface area contributed by atoms with Crippen molar-refractivity contribution in [2.75, 3.05) is 18.8 Å². The van der Waals surface area contributed by atoms with E-state index in [4.69, 9.17) is 5.73 Å². The quantitative estimate of drug-likeness (QED) is 0.537. The molecule has 3 N–H and O–H groups in total. The second-order valence-corrected chi connectivity index (χ2v) is 4.81. The summed E-state index contributed by atoms with van der Waals surface area (Å²) < 4.78 is 23.2. The van der Waals surface area contributed by atoms with E-state index in [2.05, 4.69) is 4.83 Å². The Morgan fingerprint density at radius 3 is 2.29 bits per heavy atom. The number of nitrogens with one attached hydrogen (secondary N) is 1. The fraction of sp³-hybridized carbons (Fsp3) is 0.250. The van der Waals surface area contributed by atoms with Gasteiger partial charge in [-0.05, 0) is 24.3 Å². The average molecular weight is 213 g/mol. The van der Waals surface area contributed by atoms with Crippen LogP contribution in [0.5, 0.6) is 0 Å². The highest BCUT2D eigenvalue weighted by Crippen LogP contribution is 2.13. The second kappa shape index (κ2) is 3.23. The highest BCUT2D eigenvalue weighted by molar-refractivity contribution is 7.89. The normalized spacial score (nSPS) is 16.9. The van der Waals surface area contributed by atoms with Crippen molar-refractivity contribution in [3.63, 3.8) is 0 Å². The molecule has 76 valence electrons. The van der Waals surface area contributed by atoms with Gasteiger partial charge in [0.25, 0.3) is 10.0 Å². The highest BCUT2D eigenvalue weighted by atomic mass is 32.2. The summed E-state index contributed by atoms with van der Waals surface area (Å²) in [5, 5.41) is 1.62. The van der Waals surface area contributed by atoms with Gasteiger partial charge in [-0.2, -0.15) is 0 Å². The van der Waals surface area contributed by atoms with Crippen LogP contribution in [0.2, 0.25) is 0 Å². The number of hydrogen-bond donors (Lipinski definition) is 2. The number of rotatable bonds is 3. The van der Waals surface area contributed by atoms with Crippen LogP contribution in [-0.2, 0) is 10.0 Å². The molecule has 1 saturated heterocycles. The molecule has 0 radical (unpaired) electrons. The lowest BCUT2D eigenvalue weighted by Gasteiger charge is -2.06. The number of nitrogens with zero attached hydrogens (tertiary/aromatic N) is 1. The summed E-state index contributed by atoms with van der Waals surface area (Å²) in [6.45, 7) is 1.54. The first-order valence-electron chi connectivity index (χ1n) is 4.21. The van der Waals surface area contributed by atoms with E-state index in [9.17, 15) is 8.42 Å². The summed E-state index contributed by atoms with van der Waals surface area (Å²) in [4.78, 5) is 2.67. The van der Waals surface area contributed by atoms with Crippen LogP contribution in [0.3, 0.4) is 0 Å².